The van der Waals surface area contributed by atoms with Gasteiger partial charge in [-0.15, -0.1) is 11.3 Å². The molecule has 136 valence electrons. The van der Waals surface area contributed by atoms with Gasteiger partial charge < -0.3 is 10.2 Å². The van der Waals surface area contributed by atoms with Gasteiger partial charge >= 0.3 is 0 Å². The summed E-state index contributed by atoms with van der Waals surface area (Å²) in [7, 11) is 2.14. The van der Waals surface area contributed by atoms with E-state index in [9.17, 15) is 9.59 Å². The number of nitrogens with one attached hydrogen (secondary N) is 1. The molecule has 2 aliphatic heterocycles. The van der Waals surface area contributed by atoms with Gasteiger partial charge in [0.25, 0.3) is 5.91 Å². The lowest BCUT2D eigenvalue weighted by Crippen LogP contribution is -2.62. The van der Waals surface area contributed by atoms with Crippen molar-refractivity contribution in [1.82, 2.24) is 15.1 Å². The molecule has 3 heterocycles. The number of carbonyl (C=O) groups is 2. The van der Waals surface area contributed by atoms with Crippen LogP contribution in [-0.4, -0.2) is 60.4 Å². The molecule has 1 unspecified atom stereocenters. The molecule has 1 atom stereocenters. The van der Waals surface area contributed by atoms with Crippen molar-refractivity contribution in [3.63, 3.8) is 0 Å². The number of thiophene rings is 1. The molecule has 0 saturated carbocycles. The predicted molar refractivity (Wildman–Crippen MR) is 99.1 cm³/mol. The highest BCUT2D eigenvalue weighted by Gasteiger charge is 2.42. The zero-order valence-electron chi connectivity index (χ0n) is 15.0. The number of rotatable bonds is 1. The maximum atomic E-state index is 13.2. The first-order valence-corrected chi connectivity index (χ1v) is 10.3. The summed E-state index contributed by atoms with van der Waals surface area (Å²) in [4.78, 5) is 30.9. The minimum Gasteiger partial charge on any atom is -0.356 e. The quantitative estimate of drug-likeness (QED) is 0.833. The first-order chi connectivity index (χ1) is 12.1. The van der Waals surface area contributed by atoms with Crippen molar-refractivity contribution >= 4 is 23.2 Å². The lowest BCUT2D eigenvalue weighted by Gasteiger charge is -2.49. The third kappa shape index (κ3) is 3.10. The average molecular weight is 362 g/mol. The maximum Gasteiger partial charge on any atom is 0.255 e. The van der Waals surface area contributed by atoms with E-state index < -0.39 is 0 Å². The molecule has 2 saturated heterocycles. The van der Waals surface area contributed by atoms with Crippen molar-refractivity contribution in [2.24, 2.45) is 0 Å². The first-order valence-electron chi connectivity index (χ1n) is 9.45. The number of amides is 2. The molecule has 1 aromatic heterocycles. The number of nitrogens with zero attached hydrogens (tertiary/aromatic N) is 2. The van der Waals surface area contributed by atoms with Crippen molar-refractivity contribution < 1.29 is 9.59 Å². The van der Waals surface area contributed by atoms with Crippen LogP contribution in [0.2, 0.25) is 0 Å². The van der Waals surface area contributed by atoms with E-state index >= 15 is 0 Å². The molecule has 6 heteroatoms. The van der Waals surface area contributed by atoms with Gasteiger partial charge in [-0.3, -0.25) is 14.5 Å². The number of fused-ring (bicyclic) bond motifs is 1. The summed E-state index contributed by atoms with van der Waals surface area (Å²) in [5.41, 5.74) is 2.19. The Labute approximate surface area is 153 Å². The SMILES string of the molecule is CN1CCN(C(=O)c2csc3c2CCCC3)CC12CCNC(=O)CC2. The van der Waals surface area contributed by atoms with E-state index in [4.69, 9.17) is 0 Å². The van der Waals surface area contributed by atoms with Crippen LogP contribution in [0.1, 0.15) is 52.9 Å². The van der Waals surface area contributed by atoms with Crippen LogP contribution >= 0.6 is 11.3 Å². The third-order valence-electron chi connectivity index (χ3n) is 6.31. The molecule has 5 nitrogen and oxygen atoms in total. The van der Waals surface area contributed by atoms with Crippen LogP contribution in [0.15, 0.2) is 5.38 Å². The maximum absolute atomic E-state index is 13.2. The Hall–Kier alpha value is -1.40. The molecule has 1 aliphatic carbocycles. The van der Waals surface area contributed by atoms with Crippen LogP contribution < -0.4 is 5.32 Å². The zero-order chi connectivity index (χ0) is 17.4. The number of hydrogen-bond donors (Lipinski definition) is 1. The number of aryl methyl sites for hydroxylation is 1. The summed E-state index contributed by atoms with van der Waals surface area (Å²) < 4.78 is 0. The highest BCUT2D eigenvalue weighted by atomic mass is 32.1. The minimum atomic E-state index is -0.0663. The van der Waals surface area contributed by atoms with E-state index in [1.807, 2.05) is 4.90 Å². The second kappa shape index (κ2) is 6.72. The van der Waals surface area contributed by atoms with E-state index in [1.54, 1.807) is 11.3 Å². The smallest absolute Gasteiger partial charge is 0.255 e. The van der Waals surface area contributed by atoms with Gasteiger partial charge in [0, 0.05) is 48.4 Å². The number of likely N-dealkylation sites (N-methyl/N-ethyl adjacent to an activating group) is 1. The fraction of sp³-hybridized carbons (Fsp3) is 0.684. The molecule has 0 radical (unpaired) electrons. The lowest BCUT2D eigenvalue weighted by molar-refractivity contribution is -0.121. The molecular formula is C19H27N3O2S. The van der Waals surface area contributed by atoms with E-state index in [2.05, 4.69) is 22.6 Å². The second-order valence-corrected chi connectivity index (χ2v) is 8.69. The van der Waals surface area contributed by atoms with E-state index in [0.717, 1.165) is 50.9 Å². The van der Waals surface area contributed by atoms with Gasteiger partial charge in [0.2, 0.25) is 5.91 Å². The molecule has 0 bridgehead atoms. The molecule has 25 heavy (non-hydrogen) atoms. The highest BCUT2D eigenvalue weighted by molar-refractivity contribution is 7.10. The summed E-state index contributed by atoms with van der Waals surface area (Å²) in [5.74, 6) is 0.344. The van der Waals surface area contributed by atoms with Gasteiger partial charge in [0.05, 0.1) is 5.56 Å². The van der Waals surface area contributed by atoms with Crippen LogP contribution in [0.4, 0.5) is 0 Å². The summed E-state index contributed by atoms with van der Waals surface area (Å²) in [6, 6.07) is 0. The molecule has 4 rings (SSSR count). The monoisotopic (exact) mass is 361 g/mol. The summed E-state index contributed by atoms with van der Waals surface area (Å²) >= 11 is 1.76. The Morgan fingerprint density at radius 3 is 2.92 bits per heavy atom. The van der Waals surface area contributed by atoms with Gasteiger partial charge in [0.1, 0.15) is 0 Å². The Morgan fingerprint density at radius 1 is 1.20 bits per heavy atom. The van der Waals surface area contributed by atoms with E-state index in [-0.39, 0.29) is 17.4 Å². The molecule has 0 aromatic carbocycles. The predicted octanol–water partition coefficient (Wildman–Crippen LogP) is 2.05. The minimum absolute atomic E-state index is 0.0663. The van der Waals surface area contributed by atoms with Crippen molar-refractivity contribution in [3.05, 3.63) is 21.4 Å². The fourth-order valence-electron chi connectivity index (χ4n) is 4.61. The molecule has 2 fully saturated rings. The molecule has 3 aliphatic rings. The Morgan fingerprint density at radius 2 is 2.04 bits per heavy atom. The highest BCUT2D eigenvalue weighted by Crippen LogP contribution is 2.34. The zero-order valence-corrected chi connectivity index (χ0v) is 15.8. The van der Waals surface area contributed by atoms with E-state index in [1.165, 1.54) is 23.3 Å². The van der Waals surface area contributed by atoms with Crippen LogP contribution in [0.3, 0.4) is 0 Å². The van der Waals surface area contributed by atoms with Gasteiger partial charge in [-0.05, 0) is 51.1 Å². The Balaban J connectivity index is 1.55. The van der Waals surface area contributed by atoms with Crippen LogP contribution in [-0.2, 0) is 17.6 Å². The lowest BCUT2D eigenvalue weighted by atomic mass is 9.86. The number of hydrogen-bond acceptors (Lipinski definition) is 4. The van der Waals surface area contributed by atoms with Crippen molar-refractivity contribution in [1.29, 1.82) is 0 Å². The van der Waals surface area contributed by atoms with Gasteiger partial charge in [0.15, 0.2) is 0 Å². The van der Waals surface area contributed by atoms with Crippen molar-refractivity contribution in [2.45, 2.75) is 50.5 Å². The third-order valence-corrected chi connectivity index (χ3v) is 7.40. The Bertz CT molecular complexity index is 686. The average Bonchev–Trinajstić information content (AvgIpc) is 2.96. The topological polar surface area (TPSA) is 52.6 Å². The van der Waals surface area contributed by atoms with Crippen molar-refractivity contribution in [2.75, 3.05) is 33.2 Å². The van der Waals surface area contributed by atoms with Crippen LogP contribution in [0, 0.1) is 0 Å². The Kier molecular flexibility index (Phi) is 4.58. The number of carbonyl (C=O) groups excluding carboxylic acids is 2. The van der Waals surface area contributed by atoms with Gasteiger partial charge in [-0.25, -0.2) is 0 Å². The summed E-state index contributed by atoms with van der Waals surface area (Å²) in [6.07, 6.45) is 6.94. The van der Waals surface area contributed by atoms with E-state index in [0.29, 0.717) is 13.0 Å². The molecule has 1 aromatic rings. The van der Waals surface area contributed by atoms with Gasteiger partial charge in [-0.2, -0.15) is 0 Å². The molecule has 1 N–H and O–H groups in total. The summed E-state index contributed by atoms with van der Waals surface area (Å²) in [6.45, 7) is 3.11. The van der Waals surface area contributed by atoms with Crippen LogP contribution in [0.5, 0.6) is 0 Å². The molecule has 1 spiro atoms. The molecule has 2 amide bonds. The molecular weight excluding hydrogens is 334 g/mol. The largest absolute Gasteiger partial charge is 0.356 e. The van der Waals surface area contributed by atoms with Gasteiger partial charge in [-0.1, -0.05) is 0 Å². The van der Waals surface area contributed by atoms with Crippen LogP contribution in [0.25, 0.3) is 0 Å². The normalized spacial score (nSPS) is 27.7. The standard InChI is InChI=1S/C19H27N3O2S/c1-21-10-11-22(13-19(21)7-6-17(23)20-9-8-19)18(24)15-12-25-16-5-3-2-4-14(15)16/h12H,2-11,13H2,1H3,(H,20,23). The summed E-state index contributed by atoms with van der Waals surface area (Å²) in [5, 5.41) is 5.07. The van der Waals surface area contributed by atoms with Crippen molar-refractivity contribution in [3.8, 4) is 0 Å². The fourth-order valence-corrected chi connectivity index (χ4v) is 5.73. The first kappa shape index (κ1) is 17.0. The second-order valence-electron chi connectivity index (χ2n) is 7.73. The number of piperazine rings is 1.